The zero-order chi connectivity index (χ0) is 16.3. The summed E-state index contributed by atoms with van der Waals surface area (Å²) in [4.78, 5) is 11.9. The van der Waals surface area contributed by atoms with E-state index in [1.165, 1.54) is 12.1 Å². The highest BCUT2D eigenvalue weighted by molar-refractivity contribution is 6.03. The third-order valence-electron chi connectivity index (χ3n) is 2.48. The van der Waals surface area contributed by atoms with E-state index in [1.54, 1.807) is 0 Å². The maximum atomic E-state index is 12.1. The minimum atomic E-state index is -4.83. The molecule has 0 aliphatic carbocycles. The summed E-state index contributed by atoms with van der Waals surface area (Å²) in [7, 11) is 0. The molecule has 1 amide bonds. The van der Waals surface area contributed by atoms with Crippen LogP contribution < -0.4 is 10.1 Å². The van der Waals surface area contributed by atoms with Gasteiger partial charge >= 0.3 is 12.4 Å². The van der Waals surface area contributed by atoms with Crippen molar-refractivity contribution in [2.75, 3.05) is 5.32 Å². The number of ether oxygens (including phenoxy) is 1. The van der Waals surface area contributed by atoms with Crippen LogP contribution in [0.4, 0.5) is 19.2 Å². The summed E-state index contributed by atoms with van der Waals surface area (Å²) < 4.78 is 45.4. The minimum absolute atomic E-state index is 0.0123. The van der Waals surface area contributed by atoms with E-state index < -0.39 is 18.0 Å². The third kappa shape index (κ3) is 4.21. The molecule has 0 bridgehead atoms. The van der Waals surface area contributed by atoms with Crippen molar-refractivity contribution in [3.8, 4) is 5.75 Å². The molecule has 0 fully saturated rings. The monoisotopic (exact) mass is 315 g/mol. The standard InChI is InChI=1S/C13H12F3N3O3/c1-7(2)11-18-19-12(21-11)17-10(20)8-4-3-5-9(6-8)22-13(14,15)16/h3-7H,1-2H3,(H,17,19,20). The van der Waals surface area contributed by atoms with Gasteiger partial charge in [0, 0.05) is 11.5 Å². The van der Waals surface area contributed by atoms with Gasteiger partial charge in [-0.3, -0.25) is 10.1 Å². The van der Waals surface area contributed by atoms with Crippen LogP contribution in [0.25, 0.3) is 0 Å². The lowest BCUT2D eigenvalue weighted by atomic mass is 10.2. The molecule has 1 N–H and O–H groups in total. The van der Waals surface area contributed by atoms with Crippen LogP contribution in [0.2, 0.25) is 0 Å². The number of halogens is 3. The smallest absolute Gasteiger partial charge is 0.408 e. The van der Waals surface area contributed by atoms with Gasteiger partial charge in [-0.25, -0.2) is 0 Å². The molecule has 0 aliphatic rings. The van der Waals surface area contributed by atoms with Crippen molar-refractivity contribution < 1.29 is 27.1 Å². The van der Waals surface area contributed by atoms with E-state index in [-0.39, 0.29) is 17.5 Å². The van der Waals surface area contributed by atoms with Crippen LogP contribution in [0.3, 0.4) is 0 Å². The molecule has 0 saturated heterocycles. The molecule has 1 heterocycles. The molecule has 2 rings (SSSR count). The van der Waals surface area contributed by atoms with Crippen LogP contribution in [-0.2, 0) is 0 Å². The lowest BCUT2D eigenvalue weighted by Gasteiger charge is -2.09. The summed E-state index contributed by atoms with van der Waals surface area (Å²) in [6, 6.07) is 4.52. The Morgan fingerprint density at radius 1 is 1.32 bits per heavy atom. The summed E-state index contributed by atoms with van der Waals surface area (Å²) in [5.41, 5.74) is -0.0361. The second-order valence-corrected chi connectivity index (χ2v) is 4.63. The molecule has 1 aromatic carbocycles. The molecular weight excluding hydrogens is 303 g/mol. The fraction of sp³-hybridized carbons (Fsp3) is 0.308. The van der Waals surface area contributed by atoms with Crippen molar-refractivity contribution >= 4 is 11.9 Å². The van der Waals surface area contributed by atoms with Crippen LogP contribution in [0.1, 0.15) is 36.0 Å². The zero-order valence-electron chi connectivity index (χ0n) is 11.6. The van der Waals surface area contributed by atoms with Gasteiger partial charge < -0.3 is 9.15 Å². The van der Waals surface area contributed by atoms with Gasteiger partial charge in [0.2, 0.25) is 5.89 Å². The Hall–Kier alpha value is -2.58. The van der Waals surface area contributed by atoms with Crippen molar-refractivity contribution in [2.24, 2.45) is 0 Å². The summed E-state index contributed by atoms with van der Waals surface area (Å²) in [5.74, 6) is -0.855. The van der Waals surface area contributed by atoms with Gasteiger partial charge in [0.1, 0.15) is 5.75 Å². The predicted molar refractivity (Wildman–Crippen MR) is 69.5 cm³/mol. The largest absolute Gasteiger partial charge is 0.573 e. The van der Waals surface area contributed by atoms with E-state index in [9.17, 15) is 18.0 Å². The van der Waals surface area contributed by atoms with Crippen LogP contribution in [0.15, 0.2) is 28.7 Å². The first-order chi connectivity index (χ1) is 10.2. The molecule has 0 aliphatic heterocycles. The number of nitrogens with zero attached hydrogens (tertiary/aromatic N) is 2. The summed E-state index contributed by atoms with van der Waals surface area (Å²) in [6.07, 6.45) is -4.83. The number of aromatic nitrogens is 2. The van der Waals surface area contributed by atoms with Gasteiger partial charge in [-0.15, -0.1) is 18.3 Å². The minimum Gasteiger partial charge on any atom is -0.408 e. The van der Waals surface area contributed by atoms with Crippen LogP contribution in [-0.4, -0.2) is 22.5 Å². The second-order valence-electron chi connectivity index (χ2n) is 4.63. The summed E-state index contributed by atoms with van der Waals surface area (Å²) in [5, 5.41) is 9.66. The first-order valence-electron chi connectivity index (χ1n) is 6.25. The van der Waals surface area contributed by atoms with Gasteiger partial charge in [-0.2, -0.15) is 0 Å². The molecule has 0 unspecified atom stereocenters. The number of benzene rings is 1. The molecule has 2 aromatic rings. The maximum Gasteiger partial charge on any atom is 0.573 e. The third-order valence-corrected chi connectivity index (χ3v) is 2.48. The highest BCUT2D eigenvalue weighted by atomic mass is 19.4. The molecule has 1 aromatic heterocycles. The maximum absolute atomic E-state index is 12.1. The van der Waals surface area contributed by atoms with E-state index in [0.29, 0.717) is 5.89 Å². The first kappa shape index (κ1) is 15.8. The predicted octanol–water partition coefficient (Wildman–Crippen LogP) is 3.34. The topological polar surface area (TPSA) is 77.2 Å². The quantitative estimate of drug-likeness (QED) is 0.936. The van der Waals surface area contributed by atoms with E-state index in [4.69, 9.17) is 4.42 Å². The number of nitrogens with one attached hydrogen (secondary N) is 1. The van der Waals surface area contributed by atoms with Crippen LogP contribution in [0, 0.1) is 0 Å². The number of alkyl halides is 3. The second kappa shape index (κ2) is 6.04. The molecule has 0 radical (unpaired) electrons. The molecule has 0 saturated carbocycles. The van der Waals surface area contributed by atoms with E-state index in [1.807, 2.05) is 13.8 Å². The molecule has 0 spiro atoms. The van der Waals surface area contributed by atoms with Crippen LogP contribution in [0.5, 0.6) is 5.75 Å². The zero-order valence-corrected chi connectivity index (χ0v) is 11.6. The number of hydrogen-bond donors (Lipinski definition) is 1. The van der Waals surface area contributed by atoms with Gasteiger partial charge in [-0.05, 0) is 18.2 Å². The molecule has 0 atom stereocenters. The average Bonchev–Trinajstić information content (AvgIpc) is 2.85. The van der Waals surface area contributed by atoms with Gasteiger partial charge in [-0.1, -0.05) is 25.0 Å². The lowest BCUT2D eigenvalue weighted by Crippen LogP contribution is -2.18. The summed E-state index contributed by atoms with van der Waals surface area (Å²) >= 11 is 0. The highest BCUT2D eigenvalue weighted by Gasteiger charge is 2.31. The first-order valence-corrected chi connectivity index (χ1v) is 6.25. The number of anilines is 1. The Bertz CT molecular complexity index is 668. The van der Waals surface area contributed by atoms with Gasteiger partial charge in [0.05, 0.1) is 0 Å². The Kier molecular flexibility index (Phi) is 4.34. The number of carbonyl (C=O) groups excluding carboxylic acids is 1. The molecule has 6 nitrogen and oxygen atoms in total. The van der Waals surface area contributed by atoms with E-state index in [2.05, 4.69) is 20.3 Å². The van der Waals surface area contributed by atoms with Crippen molar-refractivity contribution in [2.45, 2.75) is 26.1 Å². The summed E-state index contributed by atoms with van der Waals surface area (Å²) in [6.45, 7) is 3.66. The Morgan fingerprint density at radius 3 is 2.64 bits per heavy atom. The lowest BCUT2D eigenvalue weighted by molar-refractivity contribution is -0.274. The van der Waals surface area contributed by atoms with E-state index in [0.717, 1.165) is 12.1 Å². The van der Waals surface area contributed by atoms with Crippen molar-refractivity contribution in [1.82, 2.24) is 10.2 Å². The number of carbonyl (C=O) groups is 1. The van der Waals surface area contributed by atoms with Crippen molar-refractivity contribution in [3.63, 3.8) is 0 Å². The van der Waals surface area contributed by atoms with Crippen molar-refractivity contribution in [1.29, 1.82) is 0 Å². The number of hydrogen-bond acceptors (Lipinski definition) is 5. The SMILES string of the molecule is CC(C)c1nnc(NC(=O)c2cccc(OC(F)(F)F)c2)o1. The molecule has 9 heteroatoms. The van der Waals surface area contributed by atoms with Gasteiger partial charge in [0.15, 0.2) is 0 Å². The molecule has 22 heavy (non-hydrogen) atoms. The fourth-order valence-electron chi connectivity index (χ4n) is 1.52. The Labute approximate surface area is 123 Å². The fourth-order valence-corrected chi connectivity index (χ4v) is 1.52. The normalized spacial score (nSPS) is 11.5. The number of rotatable bonds is 4. The van der Waals surface area contributed by atoms with E-state index >= 15 is 0 Å². The van der Waals surface area contributed by atoms with Crippen LogP contribution >= 0.6 is 0 Å². The Morgan fingerprint density at radius 2 is 2.05 bits per heavy atom. The number of amides is 1. The Balaban J connectivity index is 2.10. The molecule has 118 valence electrons. The molecular formula is C13H12F3N3O3. The van der Waals surface area contributed by atoms with Gasteiger partial charge in [0.25, 0.3) is 5.91 Å². The highest BCUT2D eigenvalue weighted by Crippen LogP contribution is 2.23. The van der Waals surface area contributed by atoms with Crippen molar-refractivity contribution in [3.05, 3.63) is 35.7 Å². The average molecular weight is 315 g/mol.